The van der Waals surface area contributed by atoms with Gasteiger partial charge in [0.1, 0.15) is 5.56 Å². The molecule has 0 aliphatic carbocycles. The van der Waals surface area contributed by atoms with Gasteiger partial charge in [-0.1, -0.05) is 84.9 Å². The Labute approximate surface area is 491 Å². The molecule has 18 heteroatoms. The normalized spacial score (nSPS) is 12.7. The van der Waals surface area contributed by atoms with Crippen LogP contribution in [0.25, 0.3) is 111 Å². The zero-order valence-corrected chi connectivity index (χ0v) is 46.3. The van der Waals surface area contributed by atoms with Crippen molar-refractivity contribution in [2.45, 2.75) is 58.6 Å². The fourth-order valence-electron chi connectivity index (χ4n) is 11.9. The molecule has 0 aliphatic rings. The van der Waals surface area contributed by atoms with E-state index in [2.05, 4.69) is 0 Å². The first-order chi connectivity index (χ1) is 41.3. The van der Waals surface area contributed by atoms with Crippen LogP contribution in [0.15, 0.2) is 182 Å². The van der Waals surface area contributed by atoms with Crippen molar-refractivity contribution in [3.8, 4) is 73.1 Å². The standard InChI is InChI=1S/C70H42F15N3/c1-36-16-46(25-51(20-36)66(71,72)73)42-8-12-55-56-13-9-43(47-17-37(2)21-52(26-47)67(74,75)76)30-60(56)87(59(55)29-42)63-33-50(41-7-5-6-40(24-41)35-86)34-64(65(63)70(83,84)85)88-61-31-44(48-18-38(3)22-53(27-48)68(77,78)79)10-14-57(61)58-15-11-45(32-62(58)88)49-19-39(4)23-54(28-49)69(80,81)82/h5-34H,1-4H3. The second-order valence-corrected chi connectivity index (χ2v) is 22.0. The molecule has 12 aromatic rings. The molecule has 0 saturated carbocycles. The fourth-order valence-corrected chi connectivity index (χ4v) is 11.9. The van der Waals surface area contributed by atoms with Crippen LogP contribution < -0.4 is 0 Å². The Morgan fingerprint density at radius 3 is 0.818 bits per heavy atom. The van der Waals surface area contributed by atoms with Crippen molar-refractivity contribution in [2.24, 2.45) is 0 Å². The first-order valence-electron chi connectivity index (χ1n) is 27.0. The van der Waals surface area contributed by atoms with Crippen LogP contribution in [-0.2, 0) is 30.9 Å². The van der Waals surface area contributed by atoms with E-state index in [1.54, 1.807) is 0 Å². The van der Waals surface area contributed by atoms with Crippen molar-refractivity contribution < 1.29 is 65.9 Å². The van der Waals surface area contributed by atoms with Crippen molar-refractivity contribution in [3.05, 3.63) is 238 Å². The molecule has 0 unspecified atom stereocenters. The highest BCUT2D eigenvalue weighted by atomic mass is 19.4. The maximum Gasteiger partial charge on any atom is 0.420 e. The van der Waals surface area contributed by atoms with Crippen LogP contribution in [-0.4, -0.2) is 9.13 Å². The average molecular weight is 1210 g/mol. The highest BCUT2D eigenvalue weighted by Crippen LogP contribution is 2.49. The van der Waals surface area contributed by atoms with E-state index < -0.39 is 70.1 Å². The smallest absolute Gasteiger partial charge is 0.308 e. The lowest BCUT2D eigenvalue weighted by atomic mass is 9.97. The van der Waals surface area contributed by atoms with E-state index in [0.29, 0.717) is 0 Å². The first kappa shape index (κ1) is 58.6. The zero-order chi connectivity index (χ0) is 62.9. The number of hydrogen-bond donors (Lipinski definition) is 0. The molecule has 0 bridgehead atoms. The summed E-state index contributed by atoms with van der Waals surface area (Å²) in [6, 6.07) is 41.2. The van der Waals surface area contributed by atoms with Gasteiger partial charge in [0.25, 0.3) is 0 Å². The molecule has 0 saturated heterocycles. The van der Waals surface area contributed by atoms with E-state index in [0.717, 1.165) is 48.5 Å². The molecule has 3 nitrogen and oxygen atoms in total. The number of nitriles is 1. The van der Waals surface area contributed by atoms with Gasteiger partial charge >= 0.3 is 30.9 Å². The number of hydrogen-bond acceptors (Lipinski definition) is 1. The van der Waals surface area contributed by atoms with E-state index >= 15 is 13.2 Å². The van der Waals surface area contributed by atoms with Gasteiger partial charge in [0.15, 0.2) is 0 Å². The largest absolute Gasteiger partial charge is 0.420 e. The monoisotopic (exact) mass is 1210 g/mol. The van der Waals surface area contributed by atoms with Crippen molar-refractivity contribution in [2.75, 3.05) is 0 Å². The van der Waals surface area contributed by atoms with Crippen LogP contribution in [0.5, 0.6) is 0 Å². The van der Waals surface area contributed by atoms with Gasteiger partial charge in [0.2, 0.25) is 0 Å². The third-order valence-corrected chi connectivity index (χ3v) is 15.7. The van der Waals surface area contributed by atoms with E-state index in [1.807, 2.05) is 6.07 Å². The Kier molecular flexibility index (Phi) is 13.8. The van der Waals surface area contributed by atoms with E-state index in [1.165, 1.54) is 170 Å². The lowest BCUT2D eigenvalue weighted by Crippen LogP contribution is -2.16. The Morgan fingerprint density at radius 1 is 0.284 bits per heavy atom. The highest BCUT2D eigenvalue weighted by molar-refractivity contribution is 6.13. The van der Waals surface area contributed by atoms with Crippen LogP contribution in [0.1, 0.15) is 55.6 Å². The maximum absolute atomic E-state index is 17.4. The molecular formula is C70H42F15N3. The Morgan fingerprint density at radius 2 is 0.557 bits per heavy atom. The van der Waals surface area contributed by atoms with Gasteiger partial charge in [0, 0.05) is 21.5 Å². The molecule has 2 heterocycles. The molecular weight excluding hydrogens is 1170 g/mol. The predicted octanol–water partition coefficient (Wildman–Crippen LogP) is 22.4. The molecule has 0 amide bonds. The topological polar surface area (TPSA) is 33.6 Å². The van der Waals surface area contributed by atoms with E-state index in [-0.39, 0.29) is 127 Å². The van der Waals surface area contributed by atoms with Gasteiger partial charge in [-0.3, -0.25) is 0 Å². The molecule has 0 atom stereocenters. The minimum Gasteiger partial charge on any atom is -0.308 e. The molecule has 88 heavy (non-hydrogen) atoms. The number of halogens is 15. The predicted molar refractivity (Wildman–Crippen MR) is 311 cm³/mol. The van der Waals surface area contributed by atoms with Crippen LogP contribution in [0.2, 0.25) is 0 Å². The van der Waals surface area contributed by atoms with Crippen LogP contribution in [0.4, 0.5) is 65.9 Å². The zero-order valence-electron chi connectivity index (χ0n) is 46.3. The van der Waals surface area contributed by atoms with Gasteiger partial charge in [-0.15, -0.1) is 0 Å². The summed E-state index contributed by atoms with van der Waals surface area (Å²) in [5, 5.41) is 11.2. The number of aromatic nitrogens is 2. The summed E-state index contributed by atoms with van der Waals surface area (Å²) in [5.74, 6) is 0. The van der Waals surface area contributed by atoms with E-state index in [9.17, 15) is 57.9 Å². The second kappa shape index (κ2) is 20.7. The quantitative estimate of drug-likeness (QED) is 0.146. The minimum atomic E-state index is -5.43. The summed E-state index contributed by atoms with van der Waals surface area (Å²) in [4.78, 5) is 0. The fraction of sp³-hybridized carbons (Fsp3) is 0.129. The number of alkyl halides is 15. The Balaban J connectivity index is 1.26. The maximum atomic E-state index is 17.4. The SMILES string of the molecule is Cc1cc(-c2ccc3c4ccc(-c5cc(C)cc(C(F)(F)F)c5)cc4n(-c4cc(-c5cccc(C#N)c5)cc(-n5c6cc(-c7cc(C)cc(C(F)(F)F)c7)ccc6c6ccc(-c7cc(C)cc(C(F)(F)F)c7)cc65)c4C(F)(F)F)c3c2)cc(C(F)(F)F)c1. The Bertz CT molecular complexity index is 4390. The Hall–Kier alpha value is -9.76. The summed E-state index contributed by atoms with van der Waals surface area (Å²) < 4.78 is 228. The van der Waals surface area contributed by atoms with Gasteiger partial charge in [0.05, 0.1) is 67.3 Å². The highest BCUT2D eigenvalue weighted by Gasteiger charge is 2.41. The van der Waals surface area contributed by atoms with Gasteiger partial charge in [-0.05, 0) is 203 Å². The average Bonchev–Trinajstić information content (AvgIpc) is 2.48. The molecule has 0 aliphatic heterocycles. The molecule has 0 fully saturated rings. The van der Waals surface area contributed by atoms with Crippen molar-refractivity contribution in [1.82, 2.24) is 9.13 Å². The summed E-state index contributed by atoms with van der Waals surface area (Å²) in [6.45, 7) is 5.77. The number of benzene rings is 10. The number of aryl methyl sites for hydroxylation is 4. The van der Waals surface area contributed by atoms with Gasteiger partial charge < -0.3 is 9.13 Å². The lowest BCUT2D eigenvalue weighted by Gasteiger charge is -2.23. The molecule has 0 N–H and O–H groups in total. The van der Waals surface area contributed by atoms with Crippen molar-refractivity contribution in [1.29, 1.82) is 5.26 Å². The molecule has 0 spiro atoms. The first-order valence-corrected chi connectivity index (χ1v) is 27.0. The number of rotatable bonds is 7. The minimum absolute atomic E-state index is 0.00839. The van der Waals surface area contributed by atoms with Crippen molar-refractivity contribution >= 4 is 43.6 Å². The third kappa shape index (κ3) is 10.8. The van der Waals surface area contributed by atoms with Gasteiger partial charge in [-0.25, -0.2) is 0 Å². The second-order valence-electron chi connectivity index (χ2n) is 22.0. The summed E-state index contributed by atoms with van der Waals surface area (Å²) >= 11 is 0. The third-order valence-electron chi connectivity index (χ3n) is 15.7. The van der Waals surface area contributed by atoms with Crippen LogP contribution in [0.3, 0.4) is 0 Å². The molecule has 442 valence electrons. The molecule has 12 rings (SSSR count). The van der Waals surface area contributed by atoms with E-state index in [4.69, 9.17) is 0 Å². The van der Waals surface area contributed by atoms with Crippen molar-refractivity contribution in [3.63, 3.8) is 0 Å². The molecule has 0 radical (unpaired) electrons. The van der Waals surface area contributed by atoms with Crippen LogP contribution in [0, 0.1) is 39.0 Å². The summed E-state index contributed by atoms with van der Waals surface area (Å²) in [7, 11) is 0. The summed E-state index contributed by atoms with van der Waals surface area (Å²) in [6.07, 6.45) is -24.7. The number of nitrogens with zero attached hydrogens (tertiary/aromatic N) is 3. The van der Waals surface area contributed by atoms with Gasteiger partial charge in [-0.2, -0.15) is 71.1 Å². The summed E-state index contributed by atoms with van der Waals surface area (Å²) in [5.41, 5.74) is -4.97. The lowest BCUT2D eigenvalue weighted by molar-refractivity contribution is -0.138. The molecule has 10 aromatic carbocycles. The molecule has 2 aromatic heterocycles. The number of fused-ring (bicyclic) bond motifs is 6. The van der Waals surface area contributed by atoms with Crippen LogP contribution >= 0.6 is 0 Å².